The van der Waals surface area contributed by atoms with Crippen LogP contribution in [0.25, 0.3) is 0 Å². The maximum atomic E-state index is 9.38. The van der Waals surface area contributed by atoms with Crippen molar-refractivity contribution >= 4 is 0 Å². The van der Waals surface area contributed by atoms with Crippen molar-refractivity contribution in [3.63, 3.8) is 0 Å². The molecule has 30 heavy (non-hydrogen) atoms. The van der Waals surface area contributed by atoms with E-state index in [1.807, 2.05) is 5.57 Å². The molecule has 3 nitrogen and oxygen atoms in total. The summed E-state index contributed by atoms with van der Waals surface area (Å²) in [6, 6.07) is 0. The molecule has 3 N–H and O–H groups in total. The molecule has 3 heteroatoms. The highest BCUT2D eigenvalue weighted by Gasteiger charge is 2.58. The molecule has 0 bridgehead atoms. The van der Waals surface area contributed by atoms with Gasteiger partial charge in [0.1, 0.15) is 0 Å². The fourth-order valence-corrected chi connectivity index (χ4v) is 8.81. The molecule has 3 fully saturated rings. The van der Waals surface area contributed by atoms with Crippen LogP contribution in [0.2, 0.25) is 0 Å². The SMILES string of the molecule is CC(CCC[C@@H](C)[C@H]1CC[C@H]2[C@@H]3CC=C4CCCC[C@]4(C)[C@H]3CC[C@]12C)C(O)(O)O. The van der Waals surface area contributed by atoms with Gasteiger partial charge < -0.3 is 15.3 Å². The highest BCUT2D eigenvalue weighted by atomic mass is 16.7. The summed E-state index contributed by atoms with van der Waals surface area (Å²) in [7, 11) is 0. The third-order valence-corrected chi connectivity index (χ3v) is 10.7. The van der Waals surface area contributed by atoms with Crippen molar-refractivity contribution in [1.82, 2.24) is 0 Å². The van der Waals surface area contributed by atoms with Crippen LogP contribution in [0.3, 0.4) is 0 Å². The fraction of sp³-hybridized carbons (Fsp3) is 0.926. The lowest BCUT2D eigenvalue weighted by molar-refractivity contribution is -0.340. The Morgan fingerprint density at radius 2 is 1.77 bits per heavy atom. The Balaban J connectivity index is 1.42. The van der Waals surface area contributed by atoms with Gasteiger partial charge in [-0.1, -0.05) is 58.6 Å². The first kappa shape index (κ1) is 22.8. The number of hydrogen-bond donors (Lipinski definition) is 3. The Bertz CT molecular complexity index is 649. The summed E-state index contributed by atoms with van der Waals surface area (Å²) >= 11 is 0. The Kier molecular flexibility index (Phi) is 6.23. The number of fused-ring (bicyclic) bond motifs is 5. The number of allylic oxidation sites excluding steroid dienone is 2. The van der Waals surface area contributed by atoms with Gasteiger partial charge in [0.15, 0.2) is 0 Å². The molecule has 172 valence electrons. The molecule has 1 unspecified atom stereocenters. The van der Waals surface area contributed by atoms with Crippen LogP contribution < -0.4 is 0 Å². The molecular weight excluding hydrogens is 372 g/mol. The van der Waals surface area contributed by atoms with Gasteiger partial charge in [-0.25, -0.2) is 0 Å². The van der Waals surface area contributed by atoms with Crippen LogP contribution >= 0.6 is 0 Å². The van der Waals surface area contributed by atoms with E-state index in [2.05, 4.69) is 26.8 Å². The molecule has 4 aliphatic carbocycles. The minimum atomic E-state index is -2.53. The first-order valence-electron chi connectivity index (χ1n) is 12.9. The van der Waals surface area contributed by atoms with Crippen molar-refractivity contribution in [3.05, 3.63) is 11.6 Å². The monoisotopic (exact) mass is 418 g/mol. The summed E-state index contributed by atoms with van der Waals surface area (Å²) in [6.45, 7) is 9.38. The molecular formula is C27H46O3. The molecule has 0 radical (unpaired) electrons. The molecule has 0 aliphatic heterocycles. The maximum Gasteiger partial charge on any atom is 0.277 e. The fourth-order valence-electron chi connectivity index (χ4n) is 8.81. The smallest absolute Gasteiger partial charge is 0.277 e. The summed E-state index contributed by atoms with van der Waals surface area (Å²) in [5.41, 5.74) is 2.79. The molecule has 0 amide bonds. The predicted molar refractivity (Wildman–Crippen MR) is 121 cm³/mol. The van der Waals surface area contributed by atoms with Gasteiger partial charge in [-0.15, -0.1) is 0 Å². The van der Waals surface area contributed by atoms with Gasteiger partial charge in [0.25, 0.3) is 5.97 Å². The summed E-state index contributed by atoms with van der Waals surface area (Å²) in [5, 5.41) is 28.1. The summed E-state index contributed by atoms with van der Waals surface area (Å²) < 4.78 is 0. The molecule has 3 saturated carbocycles. The minimum Gasteiger partial charge on any atom is -0.343 e. The van der Waals surface area contributed by atoms with Crippen LogP contribution in [0, 0.1) is 46.3 Å². The van der Waals surface area contributed by atoms with Crippen molar-refractivity contribution in [2.45, 2.75) is 111 Å². The van der Waals surface area contributed by atoms with Crippen LogP contribution in [0.4, 0.5) is 0 Å². The average Bonchev–Trinajstić information content (AvgIpc) is 3.04. The van der Waals surface area contributed by atoms with Gasteiger partial charge in [-0.2, -0.15) is 0 Å². The van der Waals surface area contributed by atoms with Crippen molar-refractivity contribution < 1.29 is 15.3 Å². The summed E-state index contributed by atoms with van der Waals surface area (Å²) in [4.78, 5) is 0. The zero-order valence-electron chi connectivity index (χ0n) is 19.9. The molecule has 0 saturated heterocycles. The zero-order valence-corrected chi connectivity index (χ0v) is 19.9. The molecule has 0 aromatic heterocycles. The molecule has 8 atom stereocenters. The second-order valence-electron chi connectivity index (χ2n) is 12.2. The van der Waals surface area contributed by atoms with Crippen LogP contribution in [0.5, 0.6) is 0 Å². The average molecular weight is 419 g/mol. The van der Waals surface area contributed by atoms with Crippen LogP contribution in [0.15, 0.2) is 11.6 Å². The van der Waals surface area contributed by atoms with E-state index in [-0.39, 0.29) is 0 Å². The third-order valence-electron chi connectivity index (χ3n) is 10.7. The number of rotatable bonds is 6. The first-order chi connectivity index (χ1) is 14.1. The van der Waals surface area contributed by atoms with Crippen molar-refractivity contribution in [2.75, 3.05) is 0 Å². The van der Waals surface area contributed by atoms with Gasteiger partial charge in [0.05, 0.1) is 0 Å². The van der Waals surface area contributed by atoms with E-state index in [9.17, 15) is 15.3 Å². The highest BCUT2D eigenvalue weighted by Crippen LogP contribution is 2.67. The zero-order chi connectivity index (χ0) is 21.7. The van der Waals surface area contributed by atoms with E-state index in [0.29, 0.717) is 23.2 Å². The van der Waals surface area contributed by atoms with E-state index >= 15 is 0 Å². The van der Waals surface area contributed by atoms with Crippen LogP contribution in [0.1, 0.15) is 105 Å². The summed E-state index contributed by atoms with van der Waals surface area (Å²) in [5.74, 6) is 1.14. The van der Waals surface area contributed by atoms with Crippen molar-refractivity contribution in [3.8, 4) is 0 Å². The van der Waals surface area contributed by atoms with E-state index in [0.717, 1.165) is 36.5 Å². The Hall–Kier alpha value is -0.380. The second kappa shape index (κ2) is 8.19. The molecule has 0 aromatic rings. The standard InChI is InChI=1S/C27H46O3/c1-18(8-7-9-19(2)27(28,29)30)22-13-14-23-21-12-11-20-10-5-6-16-25(20,3)24(21)15-17-26(22,23)4/h11,18-19,21-24,28-30H,5-10,12-17H2,1-4H3/t18-,19?,21+,22-,23+,24+,25+,26-/m1/s1. The summed E-state index contributed by atoms with van der Waals surface area (Å²) in [6.07, 6.45) is 18.0. The molecule has 0 heterocycles. The van der Waals surface area contributed by atoms with Gasteiger partial charge in [-0.05, 0) is 98.2 Å². The lowest BCUT2D eigenvalue weighted by Gasteiger charge is -2.58. The first-order valence-corrected chi connectivity index (χ1v) is 12.9. The van der Waals surface area contributed by atoms with Crippen LogP contribution in [-0.4, -0.2) is 21.3 Å². The molecule has 4 rings (SSSR count). The Morgan fingerprint density at radius 1 is 1.00 bits per heavy atom. The van der Waals surface area contributed by atoms with E-state index in [1.165, 1.54) is 57.8 Å². The molecule has 0 spiro atoms. The maximum absolute atomic E-state index is 9.38. The van der Waals surface area contributed by atoms with Gasteiger partial charge in [0, 0.05) is 5.92 Å². The lowest BCUT2D eigenvalue weighted by Crippen LogP contribution is -2.50. The quantitative estimate of drug-likeness (QED) is 0.365. The predicted octanol–water partition coefficient (Wildman–Crippen LogP) is 6.03. The van der Waals surface area contributed by atoms with E-state index in [1.54, 1.807) is 6.92 Å². The topological polar surface area (TPSA) is 60.7 Å². The molecule has 0 aromatic carbocycles. The van der Waals surface area contributed by atoms with Gasteiger partial charge in [-0.3, -0.25) is 0 Å². The lowest BCUT2D eigenvalue weighted by atomic mass is 9.47. The number of aliphatic hydroxyl groups is 3. The number of hydrogen-bond acceptors (Lipinski definition) is 3. The van der Waals surface area contributed by atoms with Gasteiger partial charge in [0.2, 0.25) is 0 Å². The normalized spacial score (nSPS) is 43.2. The van der Waals surface area contributed by atoms with Crippen molar-refractivity contribution in [1.29, 1.82) is 0 Å². The highest BCUT2D eigenvalue weighted by molar-refractivity contribution is 5.24. The van der Waals surface area contributed by atoms with Crippen molar-refractivity contribution in [2.24, 2.45) is 46.3 Å². The third kappa shape index (κ3) is 3.82. The van der Waals surface area contributed by atoms with Crippen LogP contribution in [-0.2, 0) is 0 Å². The largest absolute Gasteiger partial charge is 0.343 e. The Morgan fingerprint density at radius 3 is 2.50 bits per heavy atom. The van der Waals surface area contributed by atoms with Gasteiger partial charge >= 0.3 is 0 Å². The molecule has 4 aliphatic rings. The van der Waals surface area contributed by atoms with E-state index < -0.39 is 11.9 Å². The minimum absolute atomic E-state index is 0.483. The Labute approximate surface area is 184 Å². The second-order valence-corrected chi connectivity index (χ2v) is 12.2. The van der Waals surface area contributed by atoms with E-state index in [4.69, 9.17) is 0 Å².